The molecule has 1 fully saturated rings. The molecule has 5 nitrogen and oxygen atoms in total. The second kappa shape index (κ2) is 4.46. The zero-order valence-electron chi connectivity index (χ0n) is 8.59. The summed E-state index contributed by atoms with van der Waals surface area (Å²) in [5.74, 6) is -2.33. The Balaban J connectivity index is 2.07. The van der Waals surface area contributed by atoms with Gasteiger partial charge in [0.05, 0.1) is 12.1 Å². The molecule has 1 heterocycles. The molecule has 0 radical (unpaired) electrons. The van der Waals surface area contributed by atoms with E-state index < -0.39 is 23.6 Å². The standard InChI is InChI=1S/C10H9F2N3O2/c11-5-1-2-6(12)7(3-5)13-10(17)8-4-9(16)15-14-8/h1-3,8,14H,4H2,(H,13,17)(H,15,16). The summed E-state index contributed by atoms with van der Waals surface area (Å²) < 4.78 is 26.0. The van der Waals surface area contributed by atoms with E-state index >= 15 is 0 Å². The third kappa shape index (κ3) is 2.56. The van der Waals surface area contributed by atoms with Crippen LogP contribution in [-0.4, -0.2) is 17.9 Å². The quantitative estimate of drug-likeness (QED) is 0.697. The fraction of sp³-hybridized carbons (Fsp3) is 0.200. The average molecular weight is 241 g/mol. The van der Waals surface area contributed by atoms with Crippen molar-refractivity contribution in [2.24, 2.45) is 0 Å². The summed E-state index contributed by atoms with van der Waals surface area (Å²) in [5, 5.41) is 2.20. The molecule has 1 saturated heterocycles. The van der Waals surface area contributed by atoms with Crippen molar-refractivity contribution in [1.29, 1.82) is 0 Å². The summed E-state index contributed by atoms with van der Waals surface area (Å²) in [6.45, 7) is 0. The van der Waals surface area contributed by atoms with Crippen LogP contribution in [0.5, 0.6) is 0 Å². The molecule has 2 amide bonds. The minimum atomic E-state index is -0.787. The molecule has 7 heteroatoms. The molecule has 3 N–H and O–H groups in total. The Kier molecular flexibility index (Phi) is 3.01. The number of carbonyl (C=O) groups excluding carboxylic acids is 2. The second-order valence-corrected chi connectivity index (χ2v) is 3.56. The minimum Gasteiger partial charge on any atom is -0.322 e. The fourth-order valence-electron chi connectivity index (χ4n) is 1.43. The number of benzene rings is 1. The highest BCUT2D eigenvalue weighted by Crippen LogP contribution is 2.16. The molecule has 0 aromatic heterocycles. The highest BCUT2D eigenvalue weighted by molar-refractivity contribution is 5.99. The highest BCUT2D eigenvalue weighted by Gasteiger charge is 2.28. The molecule has 90 valence electrons. The van der Waals surface area contributed by atoms with Crippen LogP contribution in [0, 0.1) is 11.6 Å². The number of hydrogen-bond donors (Lipinski definition) is 3. The van der Waals surface area contributed by atoms with Gasteiger partial charge in [0.15, 0.2) is 0 Å². The molecule has 2 rings (SSSR count). The number of rotatable bonds is 2. The zero-order valence-corrected chi connectivity index (χ0v) is 8.59. The van der Waals surface area contributed by atoms with Crippen molar-refractivity contribution in [2.45, 2.75) is 12.5 Å². The molecule has 1 aromatic carbocycles. The van der Waals surface area contributed by atoms with Gasteiger partial charge in [0.1, 0.15) is 17.7 Å². The molecule has 0 spiro atoms. The third-order valence-corrected chi connectivity index (χ3v) is 2.28. The monoisotopic (exact) mass is 241 g/mol. The van der Waals surface area contributed by atoms with Crippen LogP contribution >= 0.6 is 0 Å². The van der Waals surface area contributed by atoms with Gasteiger partial charge < -0.3 is 5.32 Å². The van der Waals surface area contributed by atoms with Crippen LogP contribution in [0.1, 0.15) is 6.42 Å². The topological polar surface area (TPSA) is 70.2 Å². The molecule has 1 atom stereocenters. The van der Waals surface area contributed by atoms with Crippen molar-refractivity contribution in [1.82, 2.24) is 10.9 Å². The molecule has 1 unspecified atom stereocenters. The summed E-state index contributed by atoms with van der Waals surface area (Å²) in [6, 6.07) is 1.95. The average Bonchev–Trinajstić information content (AvgIpc) is 2.70. The zero-order chi connectivity index (χ0) is 12.4. The van der Waals surface area contributed by atoms with Crippen LogP contribution in [0.25, 0.3) is 0 Å². The van der Waals surface area contributed by atoms with Crippen LogP contribution in [0.15, 0.2) is 18.2 Å². The minimum absolute atomic E-state index is 0.0389. The van der Waals surface area contributed by atoms with Gasteiger partial charge in [0, 0.05) is 6.07 Å². The third-order valence-electron chi connectivity index (χ3n) is 2.28. The van der Waals surface area contributed by atoms with E-state index in [-0.39, 0.29) is 18.0 Å². The lowest BCUT2D eigenvalue weighted by Crippen LogP contribution is -2.39. The summed E-state index contributed by atoms with van der Waals surface area (Å²) >= 11 is 0. The van der Waals surface area contributed by atoms with E-state index in [1.165, 1.54) is 0 Å². The maximum atomic E-state index is 13.2. The van der Waals surface area contributed by atoms with Crippen molar-refractivity contribution < 1.29 is 18.4 Å². The van der Waals surface area contributed by atoms with E-state index in [0.717, 1.165) is 18.2 Å². The first-order chi connectivity index (χ1) is 8.06. The van der Waals surface area contributed by atoms with Crippen LogP contribution in [0.3, 0.4) is 0 Å². The second-order valence-electron chi connectivity index (χ2n) is 3.56. The summed E-state index contributed by atoms with van der Waals surface area (Å²) in [6.07, 6.45) is -0.0389. The number of halogens is 2. The van der Waals surface area contributed by atoms with Gasteiger partial charge in [-0.25, -0.2) is 14.2 Å². The van der Waals surface area contributed by atoms with Crippen molar-refractivity contribution in [3.8, 4) is 0 Å². The van der Waals surface area contributed by atoms with Gasteiger partial charge >= 0.3 is 0 Å². The first-order valence-corrected chi connectivity index (χ1v) is 4.86. The van der Waals surface area contributed by atoms with Crippen LogP contribution in [-0.2, 0) is 9.59 Å². The molecule has 0 aliphatic carbocycles. The SMILES string of the molecule is O=C1CC(C(=O)Nc2cc(F)ccc2F)NN1. The number of hydrazine groups is 1. The maximum absolute atomic E-state index is 13.2. The Bertz CT molecular complexity index is 479. The molecule has 1 aliphatic heterocycles. The molecular weight excluding hydrogens is 232 g/mol. The highest BCUT2D eigenvalue weighted by atomic mass is 19.1. The largest absolute Gasteiger partial charge is 0.322 e. The van der Waals surface area contributed by atoms with Crippen molar-refractivity contribution in [3.05, 3.63) is 29.8 Å². The lowest BCUT2D eigenvalue weighted by molar-refractivity contribution is -0.121. The Hall–Kier alpha value is -2.02. The fourth-order valence-corrected chi connectivity index (χ4v) is 1.43. The van der Waals surface area contributed by atoms with Gasteiger partial charge in [-0.15, -0.1) is 0 Å². The van der Waals surface area contributed by atoms with E-state index in [1.54, 1.807) is 0 Å². The number of anilines is 1. The predicted molar refractivity (Wildman–Crippen MR) is 54.7 cm³/mol. The molecule has 17 heavy (non-hydrogen) atoms. The first kappa shape index (κ1) is 11.5. The smallest absolute Gasteiger partial charge is 0.243 e. The molecule has 1 aromatic rings. The normalized spacial score (nSPS) is 18.9. The summed E-state index contributed by atoms with van der Waals surface area (Å²) in [5.41, 5.74) is 4.42. The Morgan fingerprint density at radius 1 is 1.41 bits per heavy atom. The number of amides is 2. The van der Waals surface area contributed by atoms with Crippen LogP contribution in [0.2, 0.25) is 0 Å². The molecule has 1 aliphatic rings. The van der Waals surface area contributed by atoms with Crippen molar-refractivity contribution in [2.75, 3.05) is 5.32 Å². The first-order valence-electron chi connectivity index (χ1n) is 4.86. The van der Waals surface area contributed by atoms with Crippen LogP contribution < -0.4 is 16.2 Å². The van der Waals surface area contributed by atoms with Crippen LogP contribution in [0.4, 0.5) is 14.5 Å². The summed E-state index contributed by atoms with van der Waals surface area (Å²) in [7, 11) is 0. The van der Waals surface area contributed by atoms with Gasteiger partial charge in [0.2, 0.25) is 11.8 Å². The Morgan fingerprint density at radius 2 is 2.18 bits per heavy atom. The lowest BCUT2D eigenvalue weighted by atomic mass is 10.2. The Morgan fingerprint density at radius 3 is 2.82 bits per heavy atom. The van der Waals surface area contributed by atoms with E-state index in [9.17, 15) is 18.4 Å². The number of hydrogen-bond acceptors (Lipinski definition) is 3. The Labute approximate surface area is 95.2 Å². The summed E-state index contributed by atoms with van der Waals surface area (Å²) in [4.78, 5) is 22.4. The maximum Gasteiger partial charge on any atom is 0.243 e. The van der Waals surface area contributed by atoms with Crippen molar-refractivity contribution in [3.63, 3.8) is 0 Å². The van der Waals surface area contributed by atoms with Gasteiger partial charge in [-0.05, 0) is 12.1 Å². The number of nitrogens with one attached hydrogen (secondary N) is 3. The van der Waals surface area contributed by atoms with Gasteiger partial charge in [0.25, 0.3) is 0 Å². The van der Waals surface area contributed by atoms with Gasteiger partial charge in [-0.3, -0.25) is 15.0 Å². The van der Waals surface area contributed by atoms with Crippen molar-refractivity contribution >= 4 is 17.5 Å². The molecular formula is C10H9F2N3O2. The molecule has 0 saturated carbocycles. The van der Waals surface area contributed by atoms with Gasteiger partial charge in [-0.2, -0.15) is 0 Å². The number of carbonyl (C=O) groups is 2. The molecule has 0 bridgehead atoms. The van der Waals surface area contributed by atoms with E-state index in [1.807, 2.05) is 0 Å². The predicted octanol–water partition coefficient (Wildman–Crippen LogP) is 0.296. The lowest BCUT2D eigenvalue weighted by Gasteiger charge is -2.10. The van der Waals surface area contributed by atoms with Gasteiger partial charge in [-0.1, -0.05) is 0 Å². The van der Waals surface area contributed by atoms with E-state index in [2.05, 4.69) is 16.2 Å². The van der Waals surface area contributed by atoms with E-state index in [0.29, 0.717) is 0 Å². The van der Waals surface area contributed by atoms with E-state index in [4.69, 9.17) is 0 Å².